The van der Waals surface area contributed by atoms with E-state index in [-0.39, 0.29) is 41.8 Å². The third-order valence-corrected chi connectivity index (χ3v) is 11.3. The summed E-state index contributed by atoms with van der Waals surface area (Å²) < 4.78 is 0. The Morgan fingerprint density at radius 2 is 1.17 bits per heavy atom. The van der Waals surface area contributed by atoms with Crippen molar-refractivity contribution in [2.75, 3.05) is 33.2 Å². The number of rotatable bonds is 10. The number of nitrogens with zero attached hydrogens (tertiary/aromatic N) is 6. The van der Waals surface area contributed by atoms with Crippen molar-refractivity contribution in [2.45, 2.75) is 78.4 Å². The molecule has 11 nitrogen and oxygen atoms in total. The third kappa shape index (κ3) is 7.10. The Morgan fingerprint density at radius 1 is 0.692 bits per heavy atom. The number of benzene rings is 2. The summed E-state index contributed by atoms with van der Waals surface area (Å²) in [5.74, 6) is 3.25. The highest BCUT2D eigenvalue weighted by Gasteiger charge is 2.38. The number of amides is 2. The van der Waals surface area contributed by atoms with Crippen molar-refractivity contribution in [1.29, 1.82) is 0 Å². The lowest BCUT2D eigenvalue weighted by molar-refractivity contribution is -0.137. The van der Waals surface area contributed by atoms with Crippen LogP contribution in [0.15, 0.2) is 65.9 Å². The zero-order valence-corrected chi connectivity index (χ0v) is 31.4. The molecule has 5 heterocycles. The van der Waals surface area contributed by atoms with Crippen molar-refractivity contribution in [2.24, 2.45) is 22.7 Å². The summed E-state index contributed by atoms with van der Waals surface area (Å²) in [7, 11) is 2.01. The van der Waals surface area contributed by atoms with E-state index in [1.807, 2.05) is 36.2 Å². The Labute approximate surface area is 307 Å². The van der Waals surface area contributed by atoms with E-state index in [9.17, 15) is 9.59 Å². The molecular weight excluding hydrogens is 651 g/mol. The molecule has 7 rings (SSSR count). The monoisotopic (exact) mass is 703 g/mol. The number of carbonyl (C=O) groups excluding carboxylic acids is 2. The van der Waals surface area contributed by atoms with Crippen LogP contribution in [0, 0.1) is 17.8 Å². The molecule has 3 aliphatic heterocycles. The van der Waals surface area contributed by atoms with Gasteiger partial charge in [-0.3, -0.25) is 14.6 Å². The Kier molecular flexibility index (Phi) is 10.2. The minimum absolute atomic E-state index is 0.000393. The quantitative estimate of drug-likeness (QED) is 0.170. The molecule has 2 aromatic carbocycles. The topological polar surface area (TPSA) is 126 Å². The van der Waals surface area contributed by atoms with Crippen LogP contribution in [-0.2, 0) is 9.59 Å². The van der Waals surface area contributed by atoms with Crippen LogP contribution >= 0.6 is 0 Å². The van der Waals surface area contributed by atoms with Gasteiger partial charge >= 0.3 is 0 Å². The van der Waals surface area contributed by atoms with E-state index in [4.69, 9.17) is 9.97 Å². The molecule has 0 unspecified atom stereocenters. The predicted molar refractivity (Wildman–Crippen MR) is 205 cm³/mol. The first-order valence-electron chi connectivity index (χ1n) is 19.0. The SMILES string of the molecule is CC(C)[C@H](C)C(=O)N1CCC[C@H]1c1ncc(-c2ccc(-c3ccc(-c4cnc([C@@H]5CCCN5C(=O)[C@@H](NC5=NCCN5C)C(C)C)[nH]4)cc3)cc2)[nH]1. The fourth-order valence-electron chi connectivity index (χ4n) is 7.69. The van der Waals surface area contributed by atoms with Crippen molar-refractivity contribution in [3.05, 3.63) is 72.6 Å². The number of H-pyrrole nitrogens is 2. The number of guanidine groups is 1. The lowest BCUT2D eigenvalue weighted by Gasteiger charge is -2.31. The van der Waals surface area contributed by atoms with Gasteiger partial charge in [-0.2, -0.15) is 0 Å². The molecule has 0 spiro atoms. The molecule has 2 amide bonds. The van der Waals surface area contributed by atoms with Gasteiger partial charge in [0, 0.05) is 32.6 Å². The molecule has 4 atom stereocenters. The maximum Gasteiger partial charge on any atom is 0.246 e. The summed E-state index contributed by atoms with van der Waals surface area (Å²) in [6.07, 6.45) is 7.53. The molecule has 3 N–H and O–H groups in total. The fraction of sp³-hybridized carbons (Fsp3) is 0.488. The highest BCUT2D eigenvalue weighted by Crippen LogP contribution is 2.35. The second-order valence-corrected chi connectivity index (χ2v) is 15.4. The van der Waals surface area contributed by atoms with Gasteiger partial charge in [0.15, 0.2) is 5.96 Å². The van der Waals surface area contributed by atoms with Gasteiger partial charge in [0.1, 0.15) is 17.7 Å². The third-order valence-electron chi connectivity index (χ3n) is 11.3. The van der Waals surface area contributed by atoms with Crippen molar-refractivity contribution >= 4 is 17.8 Å². The van der Waals surface area contributed by atoms with Crippen LogP contribution in [0.1, 0.15) is 84.0 Å². The second-order valence-electron chi connectivity index (χ2n) is 15.4. The normalized spacial score (nSPS) is 20.2. The summed E-state index contributed by atoms with van der Waals surface area (Å²) in [6.45, 7) is 13.5. The van der Waals surface area contributed by atoms with E-state index in [1.54, 1.807) is 0 Å². The molecular formula is C41H53N9O2. The summed E-state index contributed by atoms with van der Waals surface area (Å²) in [4.78, 5) is 54.2. The smallest absolute Gasteiger partial charge is 0.246 e. The number of hydrogen-bond acceptors (Lipinski definition) is 7. The Hall–Kier alpha value is -4.93. The Balaban J connectivity index is 1.00. The molecule has 2 aromatic heterocycles. The predicted octanol–water partition coefficient (Wildman–Crippen LogP) is 6.67. The molecule has 3 aliphatic rings. The van der Waals surface area contributed by atoms with E-state index in [2.05, 4.69) is 101 Å². The van der Waals surface area contributed by atoms with Gasteiger partial charge in [-0.25, -0.2) is 9.97 Å². The van der Waals surface area contributed by atoms with Gasteiger partial charge in [-0.05, 0) is 59.8 Å². The Bertz CT molecular complexity index is 1890. The van der Waals surface area contributed by atoms with Gasteiger partial charge in [0.25, 0.3) is 0 Å². The van der Waals surface area contributed by atoms with Crippen LogP contribution in [0.3, 0.4) is 0 Å². The molecule has 0 bridgehead atoms. The molecule has 274 valence electrons. The summed E-state index contributed by atoms with van der Waals surface area (Å²) in [5, 5.41) is 3.43. The summed E-state index contributed by atoms with van der Waals surface area (Å²) >= 11 is 0. The first-order chi connectivity index (χ1) is 25.1. The van der Waals surface area contributed by atoms with Crippen LogP contribution in [0.25, 0.3) is 33.6 Å². The number of imidazole rings is 2. The van der Waals surface area contributed by atoms with E-state index >= 15 is 0 Å². The molecule has 4 aromatic rings. The maximum atomic E-state index is 13.9. The van der Waals surface area contributed by atoms with Crippen LogP contribution < -0.4 is 5.32 Å². The molecule has 0 saturated carbocycles. The largest absolute Gasteiger partial charge is 0.344 e. The Morgan fingerprint density at radius 3 is 1.62 bits per heavy atom. The van der Waals surface area contributed by atoms with Gasteiger partial charge in [0.05, 0.1) is 42.4 Å². The fourth-order valence-corrected chi connectivity index (χ4v) is 7.69. The number of aromatic nitrogens is 4. The first-order valence-corrected chi connectivity index (χ1v) is 19.0. The molecule has 2 fully saturated rings. The highest BCUT2D eigenvalue weighted by atomic mass is 16.2. The van der Waals surface area contributed by atoms with Crippen molar-refractivity contribution in [1.82, 2.24) is 40.0 Å². The molecule has 0 aliphatic carbocycles. The van der Waals surface area contributed by atoms with Crippen LogP contribution in [0.2, 0.25) is 0 Å². The minimum atomic E-state index is -0.342. The van der Waals surface area contributed by atoms with Crippen molar-refractivity contribution in [3.8, 4) is 33.6 Å². The first kappa shape index (κ1) is 35.5. The molecule has 2 saturated heterocycles. The minimum Gasteiger partial charge on any atom is -0.344 e. The van der Waals surface area contributed by atoms with E-state index in [0.717, 1.165) is 103 Å². The number of likely N-dealkylation sites (N-methyl/N-ethyl adjacent to an activating group) is 1. The molecule has 52 heavy (non-hydrogen) atoms. The van der Waals surface area contributed by atoms with Gasteiger partial charge in [0.2, 0.25) is 11.8 Å². The summed E-state index contributed by atoms with van der Waals surface area (Å²) in [5.41, 5.74) is 6.25. The van der Waals surface area contributed by atoms with Crippen molar-refractivity contribution < 1.29 is 9.59 Å². The van der Waals surface area contributed by atoms with Crippen LogP contribution in [-0.4, -0.2) is 91.7 Å². The molecule has 11 heteroatoms. The van der Waals surface area contributed by atoms with Crippen LogP contribution in [0.5, 0.6) is 0 Å². The lowest BCUT2D eigenvalue weighted by Crippen LogP contribution is -2.53. The zero-order chi connectivity index (χ0) is 36.5. The van der Waals surface area contributed by atoms with Crippen molar-refractivity contribution in [3.63, 3.8) is 0 Å². The average molecular weight is 704 g/mol. The standard InChI is InChI=1S/C41H53N9O2/c1-25(2)27(5)39(51)49-20-7-9-34(49)37-43-23-32(45-37)30-15-11-28(12-16-30)29-13-17-31(18-14-29)33-24-44-38(46-33)35-10-8-21-50(35)40(52)36(26(3)4)47-41-42-19-22-48(41)6/h11-18,23-27,34-36H,7-10,19-22H2,1-6H3,(H,42,47)(H,43,45)(H,44,46)/t27-,34-,35-,36-/m0/s1. The zero-order valence-electron chi connectivity index (χ0n) is 31.4. The average Bonchev–Trinajstić information content (AvgIpc) is 4.00. The summed E-state index contributed by atoms with van der Waals surface area (Å²) in [6, 6.07) is 16.6. The number of carbonyl (C=O) groups is 2. The number of likely N-dealkylation sites (tertiary alicyclic amines) is 2. The van der Waals surface area contributed by atoms with E-state index in [1.165, 1.54) is 0 Å². The van der Waals surface area contributed by atoms with Gasteiger partial charge < -0.3 is 30.0 Å². The highest BCUT2D eigenvalue weighted by molar-refractivity contribution is 5.90. The maximum absolute atomic E-state index is 13.9. The van der Waals surface area contributed by atoms with Gasteiger partial charge in [-0.1, -0.05) is 83.1 Å². The second kappa shape index (κ2) is 15.0. The number of hydrogen-bond donors (Lipinski definition) is 3. The number of aliphatic imine (C=N–C) groups is 1. The van der Waals surface area contributed by atoms with E-state index < -0.39 is 0 Å². The molecule has 0 radical (unpaired) electrons. The number of aromatic amines is 2. The number of nitrogens with one attached hydrogen (secondary N) is 3. The lowest BCUT2D eigenvalue weighted by atomic mass is 9.96. The van der Waals surface area contributed by atoms with Gasteiger partial charge in [-0.15, -0.1) is 0 Å². The van der Waals surface area contributed by atoms with Crippen LogP contribution in [0.4, 0.5) is 0 Å². The van der Waals surface area contributed by atoms with E-state index in [0.29, 0.717) is 5.92 Å².